The Kier molecular flexibility index (Phi) is 3.70. The van der Waals surface area contributed by atoms with E-state index in [1.807, 2.05) is 6.26 Å². The molecule has 0 bridgehead atoms. The number of hydrogen-bond acceptors (Lipinski definition) is 4. The molecule has 1 aromatic heterocycles. The average Bonchev–Trinajstić information content (AvgIpc) is 2.19. The summed E-state index contributed by atoms with van der Waals surface area (Å²) < 4.78 is 0. The minimum Gasteiger partial charge on any atom is -0.309 e. The fourth-order valence-corrected chi connectivity index (χ4v) is 1.03. The first-order valence-corrected chi connectivity index (χ1v) is 5.14. The van der Waals surface area contributed by atoms with Crippen molar-refractivity contribution < 1.29 is 4.79 Å². The number of aromatic nitrogens is 2. The second-order valence-electron chi connectivity index (χ2n) is 2.35. The fraction of sp³-hybridized carbons (Fsp3) is 0.375. The molecule has 1 heterocycles. The largest absolute Gasteiger partial charge is 0.309 e. The van der Waals surface area contributed by atoms with Crippen molar-refractivity contribution in [1.82, 2.24) is 9.97 Å². The zero-order valence-corrected chi connectivity index (χ0v) is 8.39. The summed E-state index contributed by atoms with van der Waals surface area (Å²) in [6, 6.07) is 0. The van der Waals surface area contributed by atoms with Gasteiger partial charge in [0.1, 0.15) is 5.03 Å². The van der Waals surface area contributed by atoms with Gasteiger partial charge >= 0.3 is 0 Å². The highest BCUT2D eigenvalue weighted by molar-refractivity contribution is 7.98. The molecule has 0 unspecified atom stereocenters. The molecule has 4 nitrogen and oxygen atoms in total. The quantitative estimate of drug-likeness (QED) is 0.747. The summed E-state index contributed by atoms with van der Waals surface area (Å²) >= 11 is 1.52. The lowest BCUT2D eigenvalue weighted by Crippen LogP contribution is -2.10. The van der Waals surface area contributed by atoms with Crippen molar-refractivity contribution in [3.05, 3.63) is 12.4 Å². The molecule has 0 aliphatic carbocycles. The number of carbonyl (C=O) groups excluding carboxylic acids is 1. The molecule has 0 aromatic carbocycles. The Bertz CT molecular complexity index is 286. The third kappa shape index (κ3) is 3.02. The van der Waals surface area contributed by atoms with Crippen LogP contribution in [0.3, 0.4) is 0 Å². The van der Waals surface area contributed by atoms with Crippen LogP contribution in [0.15, 0.2) is 17.4 Å². The summed E-state index contributed by atoms with van der Waals surface area (Å²) in [6.45, 7) is 1.79. The van der Waals surface area contributed by atoms with Crippen LogP contribution in [0.25, 0.3) is 0 Å². The average molecular weight is 197 g/mol. The van der Waals surface area contributed by atoms with Gasteiger partial charge in [0.2, 0.25) is 5.91 Å². The number of hydrogen-bond donors (Lipinski definition) is 1. The first-order chi connectivity index (χ1) is 6.26. The normalized spacial score (nSPS) is 9.69. The van der Waals surface area contributed by atoms with Gasteiger partial charge in [0, 0.05) is 6.42 Å². The highest BCUT2D eigenvalue weighted by Crippen LogP contribution is 2.10. The summed E-state index contributed by atoms with van der Waals surface area (Å²) in [5, 5.41) is 3.46. The van der Waals surface area contributed by atoms with Gasteiger partial charge in [-0.3, -0.25) is 4.79 Å². The van der Waals surface area contributed by atoms with Gasteiger partial charge in [0.25, 0.3) is 0 Å². The van der Waals surface area contributed by atoms with Crippen LogP contribution in [0.1, 0.15) is 13.3 Å². The van der Waals surface area contributed by atoms with E-state index in [1.165, 1.54) is 11.8 Å². The Morgan fingerprint density at radius 3 is 2.77 bits per heavy atom. The van der Waals surface area contributed by atoms with E-state index in [2.05, 4.69) is 15.3 Å². The van der Waals surface area contributed by atoms with Crippen LogP contribution in [-0.2, 0) is 4.79 Å². The predicted octanol–water partition coefficient (Wildman–Crippen LogP) is 1.55. The maximum atomic E-state index is 11.0. The van der Waals surface area contributed by atoms with E-state index in [-0.39, 0.29) is 5.91 Å². The standard InChI is InChI=1S/C8H11N3OS/c1-3-7(12)11-6-4-10-8(13-2)5-9-6/h4-5H,3H2,1-2H3,(H,9,11,12). The molecule has 1 rings (SSSR count). The van der Waals surface area contributed by atoms with Gasteiger partial charge in [-0.2, -0.15) is 0 Å². The van der Waals surface area contributed by atoms with Crippen molar-refractivity contribution in [2.24, 2.45) is 0 Å². The summed E-state index contributed by atoms with van der Waals surface area (Å²) in [5.74, 6) is 0.454. The van der Waals surface area contributed by atoms with Crippen LogP contribution in [0.4, 0.5) is 5.82 Å². The maximum Gasteiger partial charge on any atom is 0.225 e. The lowest BCUT2D eigenvalue weighted by Gasteiger charge is -2.01. The third-order valence-electron chi connectivity index (χ3n) is 1.43. The van der Waals surface area contributed by atoms with Gasteiger partial charge < -0.3 is 5.32 Å². The topological polar surface area (TPSA) is 54.9 Å². The van der Waals surface area contributed by atoms with Gasteiger partial charge in [-0.25, -0.2) is 9.97 Å². The molecule has 5 heteroatoms. The van der Waals surface area contributed by atoms with Crippen molar-refractivity contribution in [3.8, 4) is 0 Å². The molecular formula is C8H11N3OS. The van der Waals surface area contributed by atoms with E-state index in [4.69, 9.17) is 0 Å². The van der Waals surface area contributed by atoms with Crippen molar-refractivity contribution in [2.45, 2.75) is 18.4 Å². The number of anilines is 1. The first kappa shape index (κ1) is 9.98. The zero-order valence-electron chi connectivity index (χ0n) is 7.57. The smallest absolute Gasteiger partial charge is 0.225 e. The molecule has 1 aromatic rings. The number of thioether (sulfide) groups is 1. The van der Waals surface area contributed by atoms with Crippen LogP contribution in [0.5, 0.6) is 0 Å². The number of rotatable bonds is 3. The zero-order chi connectivity index (χ0) is 9.68. The minimum atomic E-state index is -0.0498. The van der Waals surface area contributed by atoms with Gasteiger partial charge in [-0.1, -0.05) is 6.92 Å². The van der Waals surface area contributed by atoms with Crippen LogP contribution in [-0.4, -0.2) is 22.1 Å². The highest BCUT2D eigenvalue weighted by atomic mass is 32.2. The van der Waals surface area contributed by atoms with Crippen LogP contribution in [0, 0.1) is 0 Å². The highest BCUT2D eigenvalue weighted by Gasteiger charge is 1.99. The number of carbonyl (C=O) groups is 1. The summed E-state index contributed by atoms with van der Waals surface area (Å²) in [7, 11) is 0. The number of nitrogens with zero attached hydrogens (tertiary/aromatic N) is 2. The van der Waals surface area contributed by atoms with Crippen LogP contribution in [0.2, 0.25) is 0 Å². The van der Waals surface area contributed by atoms with Crippen molar-refractivity contribution in [2.75, 3.05) is 11.6 Å². The Hall–Kier alpha value is -1.10. The van der Waals surface area contributed by atoms with Gasteiger partial charge in [-0.15, -0.1) is 11.8 Å². The molecule has 0 saturated carbocycles. The molecule has 13 heavy (non-hydrogen) atoms. The van der Waals surface area contributed by atoms with E-state index in [9.17, 15) is 4.79 Å². The fourth-order valence-electron chi connectivity index (χ4n) is 0.717. The number of amides is 1. The molecule has 0 aliphatic rings. The van der Waals surface area contributed by atoms with E-state index in [0.29, 0.717) is 12.2 Å². The summed E-state index contributed by atoms with van der Waals surface area (Å²) in [6.07, 6.45) is 5.57. The molecular weight excluding hydrogens is 186 g/mol. The third-order valence-corrected chi connectivity index (χ3v) is 2.05. The molecule has 1 N–H and O–H groups in total. The van der Waals surface area contributed by atoms with Crippen LogP contribution < -0.4 is 5.32 Å². The predicted molar refractivity (Wildman–Crippen MR) is 52.7 cm³/mol. The summed E-state index contributed by atoms with van der Waals surface area (Å²) in [5.41, 5.74) is 0. The summed E-state index contributed by atoms with van der Waals surface area (Å²) in [4.78, 5) is 19.0. The molecule has 0 fully saturated rings. The van der Waals surface area contributed by atoms with Crippen molar-refractivity contribution in [3.63, 3.8) is 0 Å². The van der Waals surface area contributed by atoms with E-state index < -0.39 is 0 Å². The molecule has 0 radical (unpaired) electrons. The lowest BCUT2D eigenvalue weighted by atomic mass is 10.4. The van der Waals surface area contributed by atoms with E-state index in [1.54, 1.807) is 19.3 Å². The van der Waals surface area contributed by atoms with Crippen molar-refractivity contribution >= 4 is 23.5 Å². The van der Waals surface area contributed by atoms with Gasteiger partial charge in [0.15, 0.2) is 5.82 Å². The maximum absolute atomic E-state index is 11.0. The molecule has 0 saturated heterocycles. The first-order valence-electron chi connectivity index (χ1n) is 3.92. The molecule has 0 spiro atoms. The molecule has 0 aliphatic heterocycles. The molecule has 70 valence electrons. The molecule has 1 amide bonds. The Morgan fingerprint density at radius 2 is 2.31 bits per heavy atom. The van der Waals surface area contributed by atoms with Crippen molar-refractivity contribution in [1.29, 1.82) is 0 Å². The van der Waals surface area contributed by atoms with Gasteiger partial charge in [-0.05, 0) is 6.26 Å². The Morgan fingerprint density at radius 1 is 1.54 bits per heavy atom. The lowest BCUT2D eigenvalue weighted by molar-refractivity contribution is -0.115. The second-order valence-corrected chi connectivity index (χ2v) is 3.17. The van der Waals surface area contributed by atoms with Crippen LogP contribution >= 0.6 is 11.8 Å². The SMILES string of the molecule is CCC(=O)Nc1cnc(SC)cn1. The van der Waals surface area contributed by atoms with E-state index in [0.717, 1.165) is 5.03 Å². The molecule has 0 atom stereocenters. The minimum absolute atomic E-state index is 0.0498. The monoisotopic (exact) mass is 197 g/mol. The second kappa shape index (κ2) is 4.81. The Balaban J connectivity index is 2.64. The van der Waals surface area contributed by atoms with Gasteiger partial charge in [0.05, 0.1) is 12.4 Å². The Labute approximate surface area is 81.2 Å². The number of nitrogens with one attached hydrogen (secondary N) is 1. The van der Waals surface area contributed by atoms with E-state index >= 15 is 0 Å².